The van der Waals surface area contributed by atoms with Crippen molar-refractivity contribution in [3.8, 4) is 0 Å². The Morgan fingerprint density at radius 2 is 1.85 bits per heavy atom. The van der Waals surface area contributed by atoms with Crippen molar-refractivity contribution in [1.29, 1.82) is 0 Å². The smallest absolute Gasteiger partial charge is 0.340 e. The number of nitrogens with one attached hydrogen (secondary N) is 1. The summed E-state index contributed by atoms with van der Waals surface area (Å²) in [4.78, 5) is 51.0. The molecule has 0 bridgehead atoms. The summed E-state index contributed by atoms with van der Waals surface area (Å²) in [7, 11) is 1.28. The Kier molecular flexibility index (Phi) is 5.41. The third-order valence-electron chi connectivity index (χ3n) is 5.01. The maximum absolute atomic E-state index is 12.4. The number of anilines is 1. The lowest BCUT2D eigenvalue weighted by Gasteiger charge is -2.19. The number of aryl methyl sites for hydroxylation is 1. The first-order valence-corrected chi connectivity index (χ1v) is 9.58. The van der Waals surface area contributed by atoms with Crippen LogP contribution in [0.25, 0.3) is 0 Å². The minimum atomic E-state index is -0.515. The quantitative estimate of drug-likeness (QED) is 0.627. The van der Waals surface area contributed by atoms with Gasteiger partial charge in [-0.25, -0.2) is 4.79 Å². The van der Waals surface area contributed by atoms with E-state index in [1.54, 1.807) is 6.07 Å². The minimum Gasteiger partial charge on any atom is -0.465 e. The second kappa shape index (κ2) is 7.57. The molecule has 3 rings (SSSR count). The van der Waals surface area contributed by atoms with Crippen molar-refractivity contribution in [1.82, 2.24) is 4.90 Å². The Labute approximate surface area is 155 Å². The molecule has 2 fully saturated rings. The molecule has 1 aromatic rings. The van der Waals surface area contributed by atoms with Crippen molar-refractivity contribution in [2.24, 2.45) is 11.8 Å². The molecule has 26 heavy (non-hydrogen) atoms. The van der Waals surface area contributed by atoms with Gasteiger partial charge in [-0.2, -0.15) is 0 Å². The summed E-state index contributed by atoms with van der Waals surface area (Å²) in [6, 6.07) is 1.66. The van der Waals surface area contributed by atoms with Crippen LogP contribution in [0.5, 0.6) is 0 Å². The zero-order valence-corrected chi connectivity index (χ0v) is 15.7. The maximum atomic E-state index is 12.4. The molecule has 0 spiro atoms. The molecule has 0 radical (unpaired) electrons. The van der Waals surface area contributed by atoms with E-state index in [-0.39, 0.29) is 42.5 Å². The number of nitrogens with zero attached hydrogens (tertiary/aromatic N) is 1. The predicted octanol–water partition coefficient (Wildman–Crippen LogP) is 2.35. The van der Waals surface area contributed by atoms with Gasteiger partial charge in [-0.3, -0.25) is 19.3 Å². The summed E-state index contributed by atoms with van der Waals surface area (Å²) < 4.78 is 4.71. The van der Waals surface area contributed by atoms with Crippen molar-refractivity contribution in [3.05, 3.63) is 16.5 Å². The Bertz CT molecular complexity index is 733. The number of amides is 3. The number of hydrogen-bond donors (Lipinski definition) is 1. The number of carbonyl (C=O) groups excluding carboxylic acids is 4. The van der Waals surface area contributed by atoms with Gasteiger partial charge in [0.05, 0.1) is 24.5 Å². The van der Waals surface area contributed by atoms with Gasteiger partial charge >= 0.3 is 5.97 Å². The molecule has 1 aromatic heterocycles. The van der Waals surface area contributed by atoms with Gasteiger partial charge in [0.15, 0.2) is 0 Å². The lowest BCUT2D eigenvalue weighted by Crippen LogP contribution is -2.34. The minimum absolute atomic E-state index is 0.00841. The molecule has 2 heterocycles. The van der Waals surface area contributed by atoms with Crippen LogP contribution in [0.15, 0.2) is 6.07 Å². The van der Waals surface area contributed by atoms with E-state index in [0.29, 0.717) is 10.6 Å². The first kappa shape index (κ1) is 18.6. The van der Waals surface area contributed by atoms with E-state index >= 15 is 0 Å². The standard InChI is InChI=1S/C18H22N2O5S/c1-10-9-13(18(24)25-2)15(26-10)19-14(21)7-8-20-16(22)11-5-3-4-6-12(11)17(20)23/h9,11-12H,3-8H2,1-2H3,(H,19,21). The largest absolute Gasteiger partial charge is 0.465 e. The van der Waals surface area contributed by atoms with Crippen LogP contribution in [0.4, 0.5) is 5.00 Å². The molecule has 1 N–H and O–H groups in total. The number of hydrogen-bond acceptors (Lipinski definition) is 6. The fourth-order valence-electron chi connectivity index (χ4n) is 3.72. The molecule has 8 heteroatoms. The van der Waals surface area contributed by atoms with Crippen LogP contribution in [0.3, 0.4) is 0 Å². The Morgan fingerprint density at radius 1 is 1.23 bits per heavy atom. The molecule has 140 valence electrons. The number of methoxy groups -OCH3 is 1. The summed E-state index contributed by atoms with van der Waals surface area (Å²) >= 11 is 1.28. The van der Waals surface area contributed by atoms with Gasteiger partial charge in [-0.15, -0.1) is 11.3 Å². The first-order valence-electron chi connectivity index (χ1n) is 8.76. The Hall–Kier alpha value is -2.22. The van der Waals surface area contributed by atoms with Gasteiger partial charge in [0.25, 0.3) is 0 Å². The van der Waals surface area contributed by atoms with E-state index in [4.69, 9.17) is 4.74 Å². The number of imide groups is 1. The van der Waals surface area contributed by atoms with Crippen LogP contribution in [0, 0.1) is 18.8 Å². The van der Waals surface area contributed by atoms with Crippen molar-refractivity contribution in [2.75, 3.05) is 19.0 Å². The highest BCUT2D eigenvalue weighted by Gasteiger charge is 2.47. The number of fused-ring (bicyclic) bond motifs is 1. The highest BCUT2D eigenvalue weighted by atomic mass is 32.1. The summed E-state index contributed by atoms with van der Waals surface area (Å²) in [5.74, 6) is -1.55. The van der Waals surface area contributed by atoms with Crippen molar-refractivity contribution >= 4 is 40.0 Å². The number of esters is 1. The second-order valence-corrected chi connectivity index (χ2v) is 7.97. The predicted molar refractivity (Wildman–Crippen MR) is 95.8 cm³/mol. The van der Waals surface area contributed by atoms with Crippen molar-refractivity contribution in [3.63, 3.8) is 0 Å². The van der Waals surface area contributed by atoms with Gasteiger partial charge in [0.1, 0.15) is 5.00 Å². The summed E-state index contributed by atoms with van der Waals surface area (Å²) in [5.41, 5.74) is 0.308. The lowest BCUT2D eigenvalue weighted by molar-refractivity contribution is -0.140. The maximum Gasteiger partial charge on any atom is 0.340 e. The summed E-state index contributed by atoms with van der Waals surface area (Å²) in [5, 5.41) is 3.12. The highest BCUT2D eigenvalue weighted by molar-refractivity contribution is 7.16. The fourth-order valence-corrected chi connectivity index (χ4v) is 4.64. The molecular weight excluding hydrogens is 356 g/mol. The molecular formula is C18H22N2O5S. The van der Waals surface area contributed by atoms with E-state index in [1.165, 1.54) is 23.3 Å². The van der Waals surface area contributed by atoms with Crippen LogP contribution >= 0.6 is 11.3 Å². The number of likely N-dealkylation sites (tertiary alicyclic amines) is 1. The van der Waals surface area contributed by atoms with E-state index in [9.17, 15) is 19.2 Å². The topological polar surface area (TPSA) is 92.8 Å². The average molecular weight is 378 g/mol. The van der Waals surface area contributed by atoms with Crippen LogP contribution in [0.1, 0.15) is 47.3 Å². The van der Waals surface area contributed by atoms with Crippen molar-refractivity contribution in [2.45, 2.75) is 39.0 Å². The van der Waals surface area contributed by atoms with E-state index in [1.807, 2.05) is 6.92 Å². The number of carbonyl (C=O) groups is 4. The summed E-state index contributed by atoms with van der Waals surface area (Å²) in [6.45, 7) is 1.91. The molecule has 3 amide bonds. The SMILES string of the molecule is COC(=O)c1cc(C)sc1NC(=O)CCN1C(=O)C2CCCCC2C1=O. The molecule has 2 atom stereocenters. The van der Waals surface area contributed by atoms with E-state index in [0.717, 1.165) is 30.6 Å². The number of rotatable bonds is 5. The van der Waals surface area contributed by atoms with Crippen LogP contribution in [-0.4, -0.2) is 42.2 Å². The molecule has 0 aromatic carbocycles. The summed E-state index contributed by atoms with van der Waals surface area (Å²) in [6.07, 6.45) is 3.48. The molecule has 1 aliphatic carbocycles. The van der Waals surface area contributed by atoms with Gasteiger partial charge in [0, 0.05) is 17.8 Å². The fraction of sp³-hybridized carbons (Fsp3) is 0.556. The van der Waals surface area contributed by atoms with Crippen molar-refractivity contribution < 1.29 is 23.9 Å². The highest BCUT2D eigenvalue weighted by Crippen LogP contribution is 2.38. The molecule has 2 unspecified atom stereocenters. The second-order valence-electron chi connectivity index (χ2n) is 6.72. The third kappa shape index (κ3) is 3.51. The lowest BCUT2D eigenvalue weighted by atomic mass is 9.81. The number of thiophene rings is 1. The van der Waals surface area contributed by atoms with Gasteiger partial charge < -0.3 is 10.1 Å². The average Bonchev–Trinajstić information content (AvgIpc) is 3.11. The zero-order valence-electron chi connectivity index (χ0n) is 14.9. The first-order chi connectivity index (χ1) is 12.4. The van der Waals surface area contributed by atoms with E-state index in [2.05, 4.69) is 5.32 Å². The van der Waals surface area contributed by atoms with Crippen LogP contribution < -0.4 is 5.32 Å². The molecule has 1 aliphatic heterocycles. The van der Waals surface area contributed by atoms with Crippen LogP contribution in [0.2, 0.25) is 0 Å². The van der Waals surface area contributed by atoms with Gasteiger partial charge in [-0.05, 0) is 25.8 Å². The Balaban J connectivity index is 1.60. The Morgan fingerprint density at radius 3 is 2.42 bits per heavy atom. The molecule has 2 aliphatic rings. The molecule has 7 nitrogen and oxygen atoms in total. The molecule has 1 saturated carbocycles. The zero-order chi connectivity index (χ0) is 18.8. The van der Waals surface area contributed by atoms with Gasteiger partial charge in [0.2, 0.25) is 17.7 Å². The monoisotopic (exact) mass is 378 g/mol. The normalized spacial score (nSPS) is 22.3. The van der Waals surface area contributed by atoms with Gasteiger partial charge in [-0.1, -0.05) is 12.8 Å². The number of ether oxygens (including phenoxy) is 1. The third-order valence-corrected chi connectivity index (χ3v) is 5.97. The van der Waals surface area contributed by atoms with Crippen LogP contribution in [-0.2, 0) is 19.1 Å². The van der Waals surface area contributed by atoms with E-state index < -0.39 is 5.97 Å². The molecule has 1 saturated heterocycles.